The molecule has 1 N–H and O–H groups in total. The van der Waals surface area contributed by atoms with Gasteiger partial charge in [-0.1, -0.05) is 37.3 Å². The SMILES string of the molecule is CC[C@H](C(=O)Nc1ccc([N+](=O)[O-])cn1)c1ccccc1. The molecule has 1 amide bonds. The Bertz CT molecular complexity index is 626. The highest BCUT2D eigenvalue weighted by molar-refractivity contribution is 5.95. The summed E-state index contributed by atoms with van der Waals surface area (Å²) >= 11 is 0. The van der Waals surface area contributed by atoms with Gasteiger partial charge in [-0.15, -0.1) is 0 Å². The second kappa shape index (κ2) is 6.60. The molecule has 2 aromatic rings. The topological polar surface area (TPSA) is 85.1 Å². The van der Waals surface area contributed by atoms with E-state index in [0.717, 1.165) is 11.8 Å². The average Bonchev–Trinajstić information content (AvgIpc) is 2.49. The Kier molecular flexibility index (Phi) is 4.61. The number of nitrogens with zero attached hydrogens (tertiary/aromatic N) is 2. The minimum atomic E-state index is -0.530. The molecule has 1 heterocycles. The molecule has 0 spiro atoms. The Morgan fingerprint density at radius 3 is 2.52 bits per heavy atom. The minimum absolute atomic E-state index is 0.108. The van der Waals surface area contributed by atoms with Crippen molar-refractivity contribution >= 4 is 17.4 Å². The maximum atomic E-state index is 12.3. The van der Waals surface area contributed by atoms with Crippen LogP contribution in [0.4, 0.5) is 11.5 Å². The van der Waals surface area contributed by atoms with Gasteiger partial charge in [0.25, 0.3) is 5.69 Å². The Balaban J connectivity index is 2.11. The quantitative estimate of drug-likeness (QED) is 0.675. The normalized spacial score (nSPS) is 11.7. The molecular formula is C15H15N3O3. The summed E-state index contributed by atoms with van der Waals surface area (Å²) in [4.78, 5) is 26.2. The molecule has 1 aromatic heterocycles. The Morgan fingerprint density at radius 2 is 2.00 bits per heavy atom. The minimum Gasteiger partial charge on any atom is -0.310 e. The molecule has 2 rings (SSSR count). The van der Waals surface area contributed by atoms with Gasteiger partial charge in [-0.2, -0.15) is 0 Å². The predicted molar refractivity (Wildman–Crippen MR) is 79.0 cm³/mol. The largest absolute Gasteiger partial charge is 0.310 e. The molecule has 0 saturated carbocycles. The van der Waals surface area contributed by atoms with Crippen molar-refractivity contribution in [1.82, 2.24) is 4.98 Å². The highest BCUT2D eigenvalue weighted by atomic mass is 16.6. The number of aromatic nitrogens is 1. The number of anilines is 1. The van der Waals surface area contributed by atoms with Crippen LogP contribution in [0.3, 0.4) is 0 Å². The van der Waals surface area contributed by atoms with Crippen LogP contribution in [-0.4, -0.2) is 15.8 Å². The van der Waals surface area contributed by atoms with Gasteiger partial charge in [-0.05, 0) is 18.1 Å². The van der Waals surface area contributed by atoms with Gasteiger partial charge in [0.15, 0.2) is 0 Å². The molecule has 6 heteroatoms. The Hall–Kier alpha value is -2.76. The van der Waals surface area contributed by atoms with Crippen molar-refractivity contribution in [3.63, 3.8) is 0 Å². The van der Waals surface area contributed by atoms with E-state index in [1.54, 1.807) is 0 Å². The summed E-state index contributed by atoms with van der Waals surface area (Å²) in [6.45, 7) is 1.93. The van der Waals surface area contributed by atoms with E-state index in [9.17, 15) is 14.9 Å². The third kappa shape index (κ3) is 3.62. The number of hydrogen-bond acceptors (Lipinski definition) is 4. The summed E-state index contributed by atoms with van der Waals surface area (Å²) in [5.74, 6) is -0.145. The number of carbonyl (C=O) groups is 1. The summed E-state index contributed by atoms with van der Waals surface area (Å²) in [5, 5.41) is 13.2. The third-order valence-electron chi connectivity index (χ3n) is 3.14. The zero-order valence-corrected chi connectivity index (χ0v) is 11.5. The van der Waals surface area contributed by atoms with E-state index in [1.807, 2.05) is 37.3 Å². The zero-order chi connectivity index (χ0) is 15.2. The van der Waals surface area contributed by atoms with Crippen LogP contribution in [0.1, 0.15) is 24.8 Å². The maximum Gasteiger partial charge on any atom is 0.287 e. The van der Waals surface area contributed by atoms with Crippen LogP contribution >= 0.6 is 0 Å². The first-order valence-corrected chi connectivity index (χ1v) is 6.58. The summed E-state index contributed by atoms with van der Waals surface area (Å²) in [7, 11) is 0. The van der Waals surface area contributed by atoms with E-state index < -0.39 is 4.92 Å². The van der Waals surface area contributed by atoms with Gasteiger partial charge in [0, 0.05) is 6.07 Å². The molecule has 0 radical (unpaired) electrons. The van der Waals surface area contributed by atoms with Crippen molar-refractivity contribution in [3.05, 3.63) is 64.3 Å². The first kappa shape index (κ1) is 14.6. The monoisotopic (exact) mass is 285 g/mol. The number of rotatable bonds is 5. The van der Waals surface area contributed by atoms with Crippen LogP contribution in [0.5, 0.6) is 0 Å². The Morgan fingerprint density at radius 1 is 1.29 bits per heavy atom. The third-order valence-corrected chi connectivity index (χ3v) is 3.14. The highest BCUT2D eigenvalue weighted by Crippen LogP contribution is 2.21. The summed E-state index contributed by atoms with van der Waals surface area (Å²) in [6.07, 6.45) is 1.78. The van der Waals surface area contributed by atoms with Crippen molar-refractivity contribution in [2.75, 3.05) is 5.32 Å². The first-order chi connectivity index (χ1) is 10.1. The van der Waals surface area contributed by atoms with Crippen LogP contribution in [0.15, 0.2) is 48.7 Å². The number of nitrogens with one attached hydrogen (secondary N) is 1. The molecule has 0 saturated heterocycles. The van der Waals surface area contributed by atoms with Crippen molar-refractivity contribution in [3.8, 4) is 0 Å². The molecule has 21 heavy (non-hydrogen) atoms. The lowest BCUT2D eigenvalue weighted by Crippen LogP contribution is -2.21. The van der Waals surface area contributed by atoms with Crippen LogP contribution in [0.25, 0.3) is 0 Å². The first-order valence-electron chi connectivity index (χ1n) is 6.58. The van der Waals surface area contributed by atoms with E-state index in [0.29, 0.717) is 12.2 Å². The number of nitro groups is 1. The number of benzene rings is 1. The molecular weight excluding hydrogens is 270 g/mol. The van der Waals surface area contributed by atoms with Gasteiger partial charge in [0.05, 0.1) is 10.8 Å². The molecule has 0 fully saturated rings. The van der Waals surface area contributed by atoms with E-state index in [2.05, 4.69) is 10.3 Å². The van der Waals surface area contributed by atoms with Crippen LogP contribution in [0.2, 0.25) is 0 Å². The molecule has 108 valence electrons. The number of carbonyl (C=O) groups excluding carboxylic acids is 1. The standard InChI is InChI=1S/C15H15N3O3/c1-2-13(11-6-4-3-5-7-11)15(19)17-14-9-8-12(10-16-14)18(20)21/h3-10,13H,2H2,1H3,(H,16,17,19)/t13-/m0/s1. The van der Waals surface area contributed by atoms with Crippen molar-refractivity contribution < 1.29 is 9.72 Å². The lowest BCUT2D eigenvalue weighted by Gasteiger charge is -2.14. The fourth-order valence-electron chi connectivity index (χ4n) is 2.04. The lowest BCUT2D eigenvalue weighted by molar-refractivity contribution is -0.385. The van der Waals surface area contributed by atoms with Crippen molar-refractivity contribution in [2.24, 2.45) is 0 Å². The summed E-state index contributed by atoms with van der Waals surface area (Å²) < 4.78 is 0. The van der Waals surface area contributed by atoms with E-state index in [4.69, 9.17) is 0 Å². The van der Waals surface area contributed by atoms with Gasteiger partial charge in [-0.3, -0.25) is 14.9 Å². The predicted octanol–water partition coefficient (Wildman–Crippen LogP) is 3.12. The van der Waals surface area contributed by atoms with Crippen LogP contribution < -0.4 is 5.32 Å². The summed E-state index contributed by atoms with van der Waals surface area (Å²) in [5.41, 5.74) is 0.822. The van der Waals surface area contributed by atoms with Crippen molar-refractivity contribution in [1.29, 1.82) is 0 Å². The molecule has 6 nitrogen and oxygen atoms in total. The van der Waals surface area contributed by atoms with E-state index in [1.165, 1.54) is 12.1 Å². The van der Waals surface area contributed by atoms with Crippen molar-refractivity contribution in [2.45, 2.75) is 19.3 Å². The number of pyridine rings is 1. The van der Waals surface area contributed by atoms with Gasteiger partial charge >= 0.3 is 0 Å². The molecule has 0 bridgehead atoms. The van der Waals surface area contributed by atoms with Gasteiger partial charge in [0.1, 0.15) is 12.0 Å². The molecule has 0 aliphatic heterocycles. The second-order valence-corrected chi connectivity index (χ2v) is 4.52. The van der Waals surface area contributed by atoms with Crippen LogP contribution in [-0.2, 0) is 4.79 Å². The van der Waals surface area contributed by atoms with Crippen LogP contribution in [0, 0.1) is 10.1 Å². The van der Waals surface area contributed by atoms with Gasteiger partial charge in [-0.25, -0.2) is 4.98 Å². The van der Waals surface area contributed by atoms with Gasteiger partial charge < -0.3 is 5.32 Å². The molecule has 1 atom stereocenters. The fraction of sp³-hybridized carbons (Fsp3) is 0.200. The highest BCUT2D eigenvalue weighted by Gasteiger charge is 2.19. The number of hydrogen-bond donors (Lipinski definition) is 1. The zero-order valence-electron chi connectivity index (χ0n) is 11.5. The Labute approximate surface area is 122 Å². The lowest BCUT2D eigenvalue weighted by atomic mass is 9.96. The molecule has 0 aliphatic carbocycles. The molecule has 1 aromatic carbocycles. The molecule has 0 aliphatic rings. The van der Waals surface area contributed by atoms with Gasteiger partial charge in [0.2, 0.25) is 5.91 Å². The smallest absolute Gasteiger partial charge is 0.287 e. The van der Waals surface area contributed by atoms with E-state index in [-0.39, 0.29) is 17.5 Å². The second-order valence-electron chi connectivity index (χ2n) is 4.52. The number of amides is 1. The fourth-order valence-corrected chi connectivity index (χ4v) is 2.04. The maximum absolute atomic E-state index is 12.3. The average molecular weight is 285 g/mol. The van der Waals surface area contributed by atoms with E-state index >= 15 is 0 Å². The molecule has 0 unspecified atom stereocenters. The summed E-state index contributed by atoms with van der Waals surface area (Å²) in [6, 6.07) is 12.2.